The molecule has 0 radical (unpaired) electrons. The van der Waals surface area contributed by atoms with E-state index in [0.717, 1.165) is 74.0 Å². The summed E-state index contributed by atoms with van der Waals surface area (Å²) in [7, 11) is 0. The molecule has 5 heterocycles. The number of rotatable bonds is 7. The lowest BCUT2D eigenvalue weighted by molar-refractivity contribution is 0.107. The molecule has 8 rings (SSSR count). The van der Waals surface area contributed by atoms with Gasteiger partial charge in [0.05, 0.1) is 12.1 Å². The summed E-state index contributed by atoms with van der Waals surface area (Å²) >= 11 is 0. The molecule has 2 N–H and O–H groups in total. The second kappa shape index (κ2) is 10.6. The van der Waals surface area contributed by atoms with E-state index in [4.69, 9.17) is 14.7 Å². The molecule has 4 saturated heterocycles. The van der Waals surface area contributed by atoms with Crippen LogP contribution in [-0.2, 0) is 0 Å². The van der Waals surface area contributed by atoms with Crippen molar-refractivity contribution in [1.82, 2.24) is 19.8 Å². The average Bonchev–Trinajstić information content (AvgIpc) is 3.66. The van der Waals surface area contributed by atoms with Crippen molar-refractivity contribution in [1.29, 1.82) is 0 Å². The Morgan fingerprint density at radius 3 is 2.47 bits per heavy atom. The minimum absolute atomic E-state index is 0.0302. The Morgan fingerprint density at radius 2 is 1.70 bits per heavy atom. The second-order valence-corrected chi connectivity index (χ2v) is 12.8. The molecule has 8 nitrogen and oxygen atoms in total. The Bertz CT molecular complexity index is 1670. The monoisotopic (exact) mass is 583 g/mol. The maximum Gasteiger partial charge on any atom is 0.319 e. The van der Waals surface area contributed by atoms with Crippen LogP contribution in [0.5, 0.6) is 11.8 Å². The highest BCUT2D eigenvalue weighted by atomic mass is 19.1. The fourth-order valence-corrected chi connectivity index (χ4v) is 8.45. The van der Waals surface area contributed by atoms with Crippen LogP contribution in [0.1, 0.15) is 38.5 Å². The number of aliphatic hydroxyl groups excluding tert-OH is 1. The van der Waals surface area contributed by atoms with Crippen LogP contribution in [0.3, 0.4) is 0 Å². The van der Waals surface area contributed by atoms with Gasteiger partial charge in [-0.3, -0.25) is 9.80 Å². The minimum Gasteiger partial charge on any atom is -0.508 e. The highest BCUT2D eigenvalue weighted by Gasteiger charge is 2.45. The van der Waals surface area contributed by atoms with Gasteiger partial charge < -0.3 is 19.8 Å². The lowest BCUT2D eigenvalue weighted by atomic mass is 9.95. The molecule has 0 aliphatic carbocycles. The molecule has 4 aliphatic heterocycles. The van der Waals surface area contributed by atoms with Crippen LogP contribution in [0, 0.1) is 5.82 Å². The first-order valence-corrected chi connectivity index (χ1v) is 15.7. The quantitative estimate of drug-likeness (QED) is 0.316. The zero-order valence-electron chi connectivity index (χ0n) is 24.4. The standard InChI is InChI=1S/C34H38FN5O3/c35-30-28(27-5-1-4-22-18-25(42)8-9-26(22)27)10-11-29-31(30)36-33(43-21-34-12-2-14-39(34)15-3-13-34)37-32(29)38-19-23-6-7-24(20-38)40(23)16-17-41/h1,4-5,8-11,18,23-24,41-42H,2-3,6-7,12-17,19-21H2. The fourth-order valence-electron chi connectivity index (χ4n) is 8.45. The van der Waals surface area contributed by atoms with Gasteiger partial charge in [-0.1, -0.05) is 30.3 Å². The third kappa shape index (κ3) is 4.51. The smallest absolute Gasteiger partial charge is 0.319 e. The van der Waals surface area contributed by atoms with Crippen LogP contribution in [0.2, 0.25) is 0 Å². The highest BCUT2D eigenvalue weighted by molar-refractivity contribution is 6.00. The lowest BCUT2D eigenvalue weighted by Crippen LogP contribution is -2.54. The molecule has 9 heteroatoms. The van der Waals surface area contributed by atoms with Crippen molar-refractivity contribution < 1.29 is 19.3 Å². The van der Waals surface area contributed by atoms with Crippen molar-refractivity contribution in [3.8, 4) is 22.9 Å². The number of aromatic hydroxyl groups is 1. The molecule has 2 atom stereocenters. The first-order valence-electron chi connectivity index (χ1n) is 15.7. The topological polar surface area (TPSA) is 85.2 Å². The van der Waals surface area contributed by atoms with E-state index in [-0.39, 0.29) is 29.4 Å². The van der Waals surface area contributed by atoms with Crippen molar-refractivity contribution in [2.24, 2.45) is 0 Å². The van der Waals surface area contributed by atoms with Crippen LogP contribution in [0.4, 0.5) is 10.2 Å². The van der Waals surface area contributed by atoms with E-state index < -0.39 is 5.82 Å². The van der Waals surface area contributed by atoms with Crippen molar-refractivity contribution >= 4 is 27.5 Å². The maximum absolute atomic E-state index is 16.7. The summed E-state index contributed by atoms with van der Waals surface area (Å²) in [4.78, 5) is 17.0. The molecule has 0 amide bonds. The molecule has 0 spiro atoms. The predicted molar refractivity (Wildman–Crippen MR) is 165 cm³/mol. The highest BCUT2D eigenvalue weighted by Crippen LogP contribution is 2.41. The molecule has 224 valence electrons. The van der Waals surface area contributed by atoms with Gasteiger partial charge in [0.25, 0.3) is 0 Å². The lowest BCUT2D eigenvalue weighted by Gasteiger charge is -2.41. The average molecular weight is 584 g/mol. The van der Waals surface area contributed by atoms with Crippen LogP contribution >= 0.6 is 0 Å². The number of fused-ring (bicyclic) bond motifs is 5. The number of anilines is 1. The van der Waals surface area contributed by atoms with E-state index in [0.29, 0.717) is 36.2 Å². The number of benzene rings is 3. The van der Waals surface area contributed by atoms with Gasteiger partial charge in [0.1, 0.15) is 23.7 Å². The fraction of sp³-hybridized carbons (Fsp3) is 0.471. The Morgan fingerprint density at radius 1 is 0.930 bits per heavy atom. The molecule has 4 fully saturated rings. The van der Waals surface area contributed by atoms with Crippen LogP contribution in [0.15, 0.2) is 48.5 Å². The van der Waals surface area contributed by atoms with Crippen LogP contribution in [0.25, 0.3) is 32.8 Å². The number of piperazine rings is 1. The zero-order chi connectivity index (χ0) is 29.1. The first-order chi connectivity index (χ1) is 21.0. The van der Waals surface area contributed by atoms with Crippen LogP contribution in [-0.4, -0.2) is 93.5 Å². The second-order valence-electron chi connectivity index (χ2n) is 12.8. The molecular weight excluding hydrogens is 545 g/mol. The molecule has 0 saturated carbocycles. The summed E-state index contributed by atoms with van der Waals surface area (Å²) in [6.07, 6.45) is 6.74. The van der Waals surface area contributed by atoms with E-state index in [1.807, 2.05) is 36.4 Å². The van der Waals surface area contributed by atoms with Gasteiger partial charge in [-0.15, -0.1) is 0 Å². The number of halogens is 1. The van der Waals surface area contributed by atoms with E-state index in [2.05, 4.69) is 14.7 Å². The number of hydrogen-bond acceptors (Lipinski definition) is 8. The summed E-state index contributed by atoms with van der Waals surface area (Å²) < 4.78 is 23.1. The summed E-state index contributed by atoms with van der Waals surface area (Å²) in [5.41, 5.74) is 1.51. The number of phenolic OH excluding ortho intramolecular Hbond substituents is 1. The largest absolute Gasteiger partial charge is 0.508 e. The number of hydrogen-bond donors (Lipinski definition) is 2. The normalized spacial score (nSPS) is 23.4. The SMILES string of the molecule is OCCN1C2CCC1CN(c1nc(OCC34CCCN3CCC4)nc3c(F)c(-c4cccc5cc(O)ccc45)ccc13)C2. The Kier molecular flexibility index (Phi) is 6.65. The van der Waals surface area contributed by atoms with Gasteiger partial charge in [-0.2, -0.15) is 9.97 Å². The van der Waals surface area contributed by atoms with Crippen molar-refractivity contribution in [2.45, 2.75) is 56.1 Å². The molecule has 4 aromatic rings. The van der Waals surface area contributed by atoms with Crippen molar-refractivity contribution in [3.63, 3.8) is 0 Å². The number of phenols is 1. The number of aromatic nitrogens is 2. The maximum atomic E-state index is 16.7. The van der Waals surface area contributed by atoms with Crippen molar-refractivity contribution in [2.75, 3.05) is 50.8 Å². The van der Waals surface area contributed by atoms with E-state index in [1.54, 1.807) is 12.1 Å². The Labute approximate surface area is 250 Å². The van der Waals surface area contributed by atoms with Gasteiger partial charge in [0.15, 0.2) is 5.82 Å². The Balaban J connectivity index is 1.22. The summed E-state index contributed by atoms with van der Waals surface area (Å²) in [6.45, 7) is 5.11. The predicted octanol–water partition coefficient (Wildman–Crippen LogP) is 4.95. The molecule has 4 aliphatic rings. The third-order valence-corrected chi connectivity index (χ3v) is 10.5. The first kappa shape index (κ1) is 27.0. The zero-order valence-corrected chi connectivity index (χ0v) is 24.4. The molecule has 2 unspecified atom stereocenters. The van der Waals surface area contributed by atoms with Gasteiger partial charge in [0.2, 0.25) is 0 Å². The molecular formula is C34H38FN5O3. The van der Waals surface area contributed by atoms with E-state index in [9.17, 15) is 10.2 Å². The van der Waals surface area contributed by atoms with E-state index in [1.165, 1.54) is 12.8 Å². The summed E-state index contributed by atoms with van der Waals surface area (Å²) in [5.74, 6) is 0.509. The molecule has 3 aromatic carbocycles. The Hall–Kier alpha value is -3.53. The number of ether oxygens (including phenoxy) is 1. The molecule has 43 heavy (non-hydrogen) atoms. The molecule has 2 bridgehead atoms. The number of nitrogens with zero attached hydrogens (tertiary/aromatic N) is 5. The van der Waals surface area contributed by atoms with Gasteiger partial charge in [0, 0.05) is 42.7 Å². The summed E-state index contributed by atoms with van der Waals surface area (Å²) in [5, 5.41) is 22.0. The minimum atomic E-state index is -0.394. The van der Waals surface area contributed by atoms with Crippen LogP contribution < -0.4 is 9.64 Å². The van der Waals surface area contributed by atoms with Crippen molar-refractivity contribution in [3.05, 3.63) is 54.3 Å². The van der Waals surface area contributed by atoms with Gasteiger partial charge in [-0.05, 0) is 86.1 Å². The number of aliphatic hydroxyl groups is 1. The van der Waals surface area contributed by atoms with Gasteiger partial charge >= 0.3 is 6.01 Å². The van der Waals surface area contributed by atoms with E-state index >= 15 is 4.39 Å². The molecule has 1 aromatic heterocycles. The third-order valence-electron chi connectivity index (χ3n) is 10.5. The summed E-state index contributed by atoms with van der Waals surface area (Å²) in [6, 6.07) is 15.6. The van der Waals surface area contributed by atoms with Gasteiger partial charge in [-0.25, -0.2) is 4.39 Å².